The van der Waals surface area contributed by atoms with Gasteiger partial charge in [0.15, 0.2) is 6.61 Å². The molecular formula is C22H29NO4. The molecule has 0 spiro atoms. The van der Waals surface area contributed by atoms with Crippen LogP contribution in [0.3, 0.4) is 0 Å². The van der Waals surface area contributed by atoms with Gasteiger partial charge in [0.25, 0.3) is 0 Å². The number of nitrogens with zero attached hydrogens (tertiary/aromatic N) is 1. The fourth-order valence-electron chi connectivity index (χ4n) is 3.76. The third-order valence-corrected chi connectivity index (χ3v) is 6.19. The maximum absolute atomic E-state index is 12.6. The Kier molecular flexibility index (Phi) is 5.68. The summed E-state index contributed by atoms with van der Waals surface area (Å²) in [5.74, 6) is -0.245. The van der Waals surface area contributed by atoms with Crippen molar-refractivity contribution < 1.29 is 19.1 Å². The second kappa shape index (κ2) is 7.83. The molecule has 0 aromatic heterocycles. The molecule has 1 aliphatic carbocycles. The fourth-order valence-corrected chi connectivity index (χ4v) is 3.76. The van der Waals surface area contributed by atoms with E-state index in [-0.39, 0.29) is 36.1 Å². The first kappa shape index (κ1) is 19.6. The van der Waals surface area contributed by atoms with Crippen LogP contribution in [0.5, 0.6) is 0 Å². The van der Waals surface area contributed by atoms with Crippen molar-refractivity contribution >= 4 is 17.7 Å². The number of carbonyl (C=O) groups is 3. The van der Waals surface area contributed by atoms with Crippen molar-refractivity contribution in [2.45, 2.75) is 53.4 Å². The summed E-state index contributed by atoms with van der Waals surface area (Å²) in [7, 11) is 0. The summed E-state index contributed by atoms with van der Waals surface area (Å²) >= 11 is 0. The highest BCUT2D eigenvalue weighted by atomic mass is 16.5. The van der Waals surface area contributed by atoms with Gasteiger partial charge in [-0.05, 0) is 81.7 Å². The highest BCUT2D eigenvalue weighted by molar-refractivity contribution is 6.00. The van der Waals surface area contributed by atoms with Crippen LogP contribution >= 0.6 is 0 Å². The van der Waals surface area contributed by atoms with Crippen molar-refractivity contribution in [2.75, 3.05) is 19.7 Å². The summed E-state index contributed by atoms with van der Waals surface area (Å²) in [4.78, 5) is 38.9. The molecular weight excluding hydrogens is 342 g/mol. The van der Waals surface area contributed by atoms with Gasteiger partial charge in [-0.25, -0.2) is 0 Å². The lowest BCUT2D eigenvalue weighted by Gasteiger charge is -2.31. The molecule has 27 heavy (non-hydrogen) atoms. The topological polar surface area (TPSA) is 63.7 Å². The van der Waals surface area contributed by atoms with Crippen LogP contribution in [-0.4, -0.2) is 42.3 Å². The van der Waals surface area contributed by atoms with Gasteiger partial charge in [0.1, 0.15) is 0 Å². The van der Waals surface area contributed by atoms with Crippen LogP contribution in [-0.2, 0) is 14.3 Å². The Balaban J connectivity index is 1.52. The van der Waals surface area contributed by atoms with E-state index in [4.69, 9.17) is 4.74 Å². The standard InChI is InChI=1S/C22H29NO4/c1-13-11-19(16(4)15(3)14(13)2)20(24)12-27-22(26)18-7-9-23(10-8-18)21(25)17-5-6-17/h11,17-18H,5-10,12H2,1-4H3. The normalized spacial score (nSPS) is 17.7. The molecule has 1 amide bonds. The quantitative estimate of drug-likeness (QED) is 0.588. The number of ether oxygens (including phenoxy) is 1. The van der Waals surface area contributed by atoms with Crippen molar-refractivity contribution in [3.05, 3.63) is 33.9 Å². The molecule has 1 aromatic rings. The Morgan fingerprint density at radius 3 is 2.15 bits per heavy atom. The first-order chi connectivity index (χ1) is 12.8. The van der Waals surface area contributed by atoms with Crippen LogP contribution in [0.15, 0.2) is 6.07 Å². The van der Waals surface area contributed by atoms with E-state index in [0.29, 0.717) is 31.5 Å². The Morgan fingerprint density at radius 1 is 0.926 bits per heavy atom. The van der Waals surface area contributed by atoms with Crippen LogP contribution in [0.25, 0.3) is 0 Å². The van der Waals surface area contributed by atoms with Gasteiger partial charge in [-0.15, -0.1) is 0 Å². The molecule has 1 aromatic carbocycles. The van der Waals surface area contributed by atoms with E-state index in [1.54, 1.807) is 0 Å². The van der Waals surface area contributed by atoms with Gasteiger partial charge in [-0.3, -0.25) is 14.4 Å². The smallest absolute Gasteiger partial charge is 0.309 e. The molecule has 0 bridgehead atoms. The van der Waals surface area contributed by atoms with Gasteiger partial charge < -0.3 is 9.64 Å². The van der Waals surface area contributed by atoms with Crippen LogP contribution in [0.2, 0.25) is 0 Å². The minimum Gasteiger partial charge on any atom is -0.457 e. The number of amides is 1. The molecule has 0 atom stereocenters. The molecule has 3 rings (SSSR count). The minimum atomic E-state index is -0.319. The maximum atomic E-state index is 12.6. The Bertz CT molecular complexity index is 771. The molecule has 2 fully saturated rings. The first-order valence-electron chi connectivity index (χ1n) is 9.85. The molecule has 1 aliphatic heterocycles. The zero-order valence-corrected chi connectivity index (χ0v) is 16.8. The average Bonchev–Trinajstić information content (AvgIpc) is 3.51. The third-order valence-electron chi connectivity index (χ3n) is 6.19. The van der Waals surface area contributed by atoms with Gasteiger partial charge in [0, 0.05) is 24.6 Å². The first-order valence-corrected chi connectivity index (χ1v) is 9.85. The van der Waals surface area contributed by atoms with Crippen LogP contribution < -0.4 is 0 Å². The molecule has 1 heterocycles. The molecule has 5 nitrogen and oxygen atoms in total. The molecule has 2 aliphatic rings. The summed E-state index contributed by atoms with van der Waals surface area (Å²) in [6.45, 7) is 8.98. The number of hydrogen-bond acceptors (Lipinski definition) is 4. The van der Waals surface area contributed by atoms with Crippen molar-refractivity contribution in [1.29, 1.82) is 0 Å². The number of ketones is 1. The minimum absolute atomic E-state index is 0.159. The predicted molar refractivity (Wildman–Crippen MR) is 103 cm³/mol. The lowest BCUT2D eigenvalue weighted by molar-refractivity contribution is -0.150. The number of Topliss-reactive ketones (excluding diaryl/α,β-unsaturated/α-hetero) is 1. The number of likely N-dealkylation sites (tertiary alicyclic amines) is 1. The molecule has 0 radical (unpaired) electrons. The Labute approximate surface area is 161 Å². The van der Waals surface area contributed by atoms with E-state index in [0.717, 1.165) is 29.5 Å². The van der Waals surface area contributed by atoms with E-state index in [1.165, 1.54) is 5.56 Å². The number of rotatable bonds is 5. The van der Waals surface area contributed by atoms with Crippen LogP contribution in [0, 0.1) is 39.5 Å². The lowest BCUT2D eigenvalue weighted by atomic mass is 9.93. The Hall–Kier alpha value is -2.17. The summed E-state index contributed by atoms with van der Waals surface area (Å²) in [5.41, 5.74) is 4.95. The van der Waals surface area contributed by atoms with E-state index >= 15 is 0 Å². The molecule has 146 valence electrons. The zero-order chi connectivity index (χ0) is 19.7. The van der Waals surface area contributed by atoms with Crippen molar-refractivity contribution in [3.63, 3.8) is 0 Å². The number of aryl methyl sites for hydroxylation is 1. The average molecular weight is 371 g/mol. The van der Waals surface area contributed by atoms with Crippen molar-refractivity contribution in [3.8, 4) is 0 Å². The second-order valence-electron chi connectivity index (χ2n) is 8.02. The summed E-state index contributed by atoms with van der Waals surface area (Å²) in [5, 5.41) is 0. The van der Waals surface area contributed by atoms with Gasteiger partial charge in [0.2, 0.25) is 11.7 Å². The van der Waals surface area contributed by atoms with Gasteiger partial charge in [-0.1, -0.05) is 0 Å². The third kappa shape index (κ3) is 4.23. The molecule has 1 saturated heterocycles. The van der Waals surface area contributed by atoms with E-state index < -0.39 is 0 Å². The van der Waals surface area contributed by atoms with E-state index in [1.807, 2.05) is 38.7 Å². The van der Waals surface area contributed by atoms with E-state index in [9.17, 15) is 14.4 Å². The lowest BCUT2D eigenvalue weighted by Crippen LogP contribution is -2.41. The predicted octanol–water partition coefficient (Wildman–Crippen LogP) is 3.29. The largest absolute Gasteiger partial charge is 0.457 e. The molecule has 1 saturated carbocycles. The summed E-state index contributed by atoms with van der Waals surface area (Å²) in [6, 6.07) is 1.88. The number of esters is 1. The number of hydrogen-bond donors (Lipinski definition) is 0. The summed E-state index contributed by atoms with van der Waals surface area (Å²) < 4.78 is 5.33. The zero-order valence-electron chi connectivity index (χ0n) is 16.8. The fraction of sp³-hybridized carbons (Fsp3) is 0.591. The van der Waals surface area contributed by atoms with Crippen molar-refractivity contribution in [1.82, 2.24) is 4.90 Å². The maximum Gasteiger partial charge on any atom is 0.309 e. The summed E-state index contributed by atoms with van der Waals surface area (Å²) in [6.07, 6.45) is 3.24. The van der Waals surface area contributed by atoms with Gasteiger partial charge >= 0.3 is 5.97 Å². The number of benzene rings is 1. The molecule has 0 unspecified atom stereocenters. The van der Waals surface area contributed by atoms with E-state index in [2.05, 4.69) is 0 Å². The van der Waals surface area contributed by atoms with Gasteiger partial charge in [0.05, 0.1) is 5.92 Å². The van der Waals surface area contributed by atoms with Crippen LogP contribution in [0.4, 0.5) is 0 Å². The number of carbonyl (C=O) groups excluding carboxylic acids is 3. The Morgan fingerprint density at radius 2 is 1.56 bits per heavy atom. The highest BCUT2D eigenvalue weighted by Gasteiger charge is 2.36. The highest BCUT2D eigenvalue weighted by Crippen LogP contribution is 2.32. The molecule has 5 heteroatoms. The SMILES string of the molecule is Cc1cc(C(=O)COC(=O)C2CCN(C(=O)C3CC3)CC2)c(C)c(C)c1C. The van der Waals surface area contributed by atoms with Crippen molar-refractivity contribution in [2.24, 2.45) is 11.8 Å². The monoisotopic (exact) mass is 371 g/mol. The molecule has 0 N–H and O–H groups in total. The van der Waals surface area contributed by atoms with Crippen LogP contribution in [0.1, 0.15) is 58.3 Å². The van der Waals surface area contributed by atoms with Gasteiger partial charge in [-0.2, -0.15) is 0 Å². The number of piperidine rings is 1. The second-order valence-corrected chi connectivity index (χ2v) is 8.02.